The Morgan fingerprint density at radius 1 is 0.778 bits per heavy atom. The minimum atomic E-state index is 0.504. The summed E-state index contributed by atoms with van der Waals surface area (Å²) in [6.45, 7) is 4.62. The van der Waals surface area contributed by atoms with Crippen molar-refractivity contribution in [3.05, 3.63) is 0 Å². The van der Waals surface area contributed by atoms with Crippen LogP contribution in [0.3, 0.4) is 0 Å². The molecule has 1 aliphatic carbocycles. The minimum Gasteiger partial charge on any atom is -0.300 e. The second-order valence-corrected chi connectivity index (χ2v) is 6.56. The molecule has 2 unspecified atom stereocenters. The van der Waals surface area contributed by atoms with E-state index in [4.69, 9.17) is 0 Å². The van der Waals surface area contributed by atoms with E-state index in [1.54, 1.807) is 0 Å². The summed E-state index contributed by atoms with van der Waals surface area (Å²) >= 11 is 0. The van der Waals surface area contributed by atoms with Gasteiger partial charge in [0.2, 0.25) is 0 Å². The van der Waals surface area contributed by atoms with Crippen LogP contribution in [0.5, 0.6) is 0 Å². The molecule has 0 aromatic heterocycles. The molecule has 106 valence electrons. The zero-order valence-corrected chi connectivity index (χ0v) is 12.5. The highest BCUT2D eigenvalue weighted by molar-refractivity contribution is 5.78. The Bertz CT molecular complexity index is 222. The van der Waals surface area contributed by atoms with Crippen LogP contribution in [0.2, 0.25) is 0 Å². The van der Waals surface area contributed by atoms with Crippen molar-refractivity contribution in [2.45, 2.75) is 90.9 Å². The quantitative estimate of drug-likeness (QED) is 0.554. The summed E-state index contributed by atoms with van der Waals surface area (Å²) in [6.07, 6.45) is 15.0. The smallest absolute Gasteiger partial charge is 0.133 e. The van der Waals surface area contributed by atoms with Crippen molar-refractivity contribution in [3.8, 4) is 0 Å². The van der Waals surface area contributed by atoms with Gasteiger partial charge in [-0.3, -0.25) is 4.79 Å². The molecule has 1 nitrogen and oxygen atoms in total. The summed E-state index contributed by atoms with van der Waals surface area (Å²) in [7, 11) is 0. The van der Waals surface area contributed by atoms with Crippen molar-refractivity contribution in [2.24, 2.45) is 11.8 Å². The maximum Gasteiger partial charge on any atom is 0.133 e. The van der Waals surface area contributed by atoms with Crippen LogP contribution in [0.4, 0.5) is 0 Å². The lowest BCUT2D eigenvalue weighted by Gasteiger charge is -2.16. The standard InChI is InChI=1S/C17H32O/c1-15-11-9-7-5-3-4-6-8-10-12-17(18)14-16(2)13-15/h15-16H,3-14H2,1-2H3. The lowest BCUT2D eigenvalue weighted by atomic mass is 9.89. The Kier molecular flexibility index (Phi) is 8.37. The zero-order valence-electron chi connectivity index (χ0n) is 12.5. The fourth-order valence-corrected chi connectivity index (χ4v) is 3.25. The third-order valence-electron chi connectivity index (χ3n) is 4.28. The van der Waals surface area contributed by atoms with Crippen LogP contribution in [0.15, 0.2) is 0 Å². The van der Waals surface area contributed by atoms with Gasteiger partial charge in [0.25, 0.3) is 0 Å². The van der Waals surface area contributed by atoms with Gasteiger partial charge in [0.1, 0.15) is 5.78 Å². The molecule has 1 aliphatic rings. The van der Waals surface area contributed by atoms with E-state index < -0.39 is 0 Å². The van der Waals surface area contributed by atoms with E-state index in [2.05, 4.69) is 13.8 Å². The first-order valence-electron chi connectivity index (χ1n) is 8.20. The van der Waals surface area contributed by atoms with E-state index in [1.807, 2.05) is 0 Å². The summed E-state index contributed by atoms with van der Waals surface area (Å²) in [5.41, 5.74) is 0. The van der Waals surface area contributed by atoms with E-state index in [0.29, 0.717) is 11.7 Å². The highest BCUT2D eigenvalue weighted by Crippen LogP contribution is 2.22. The SMILES string of the molecule is CC1CCCCCCCCCCC(=O)CC(C)C1. The van der Waals surface area contributed by atoms with Crippen LogP contribution < -0.4 is 0 Å². The first-order valence-corrected chi connectivity index (χ1v) is 8.20. The molecular weight excluding hydrogens is 220 g/mol. The first-order chi connectivity index (χ1) is 8.68. The number of Topliss-reactive ketones (excluding diaryl/α,β-unsaturated/α-hetero) is 1. The van der Waals surface area contributed by atoms with E-state index in [-0.39, 0.29) is 0 Å². The normalized spacial score (nSPS) is 30.4. The average molecular weight is 252 g/mol. The molecule has 0 saturated heterocycles. The molecule has 18 heavy (non-hydrogen) atoms. The molecule has 0 bridgehead atoms. The van der Waals surface area contributed by atoms with Crippen molar-refractivity contribution in [2.75, 3.05) is 0 Å². The Morgan fingerprint density at radius 2 is 1.33 bits per heavy atom. The van der Waals surface area contributed by atoms with Gasteiger partial charge in [0.15, 0.2) is 0 Å². The van der Waals surface area contributed by atoms with Gasteiger partial charge in [-0.2, -0.15) is 0 Å². The fourth-order valence-electron chi connectivity index (χ4n) is 3.25. The van der Waals surface area contributed by atoms with Gasteiger partial charge in [-0.25, -0.2) is 0 Å². The molecule has 0 amide bonds. The van der Waals surface area contributed by atoms with Crippen LogP contribution in [0.1, 0.15) is 90.9 Å². The summed E-state index contributed by atoms with van der Waals surface area (Å²) in [5.74, 6) is 1.90. The third kappa shape index (κ3) is 7.89. The van der Waals surface area contributed by atoms with Gasteiger partial charge >= 0.3 is 0 Å². The molecule has 1 fully saturated rings. The van der Waals surface area contributed by atoms with Gasteiger partial charge in [-0.05, 0) is 24.7 Å². The lowest BCUT2D eigenvalue weighted by molar-refractivity contribution is -0.120. The van der Waals surface area contributed by atoms with Crippen molar-refractivity contribution < 1.29 is 4.79 Å². The van der Waals surface area contributed by atoms with Crippen LogP contribution >= 0.6 is 0 Å². The molecule has 1 rings (SSSR count). The fraction of sp³-hybridized carbons (Fsp3) is 0.941. The Labute approximate surface area is 114 Å². The monoisotopic (exact) mass is 252 g/mol. The Balaban J connectivity index is 2.33. The number of hydrogen-bond donors (Lipinski definition) is 0. The zero-order chi connectivity index (χ0) is 13.2. The molecule has 0 aliphatic heterocycles. The summed E-state index contributed by atoms with van der Waals surface area (Å²) in [6, 6.07) is 0. The molecule has 2 atom stereocenters. The van der Waals surface area contributed by atoms with Gasteiger partial charge in [-0.15, -0.1) is 0 Å². The van der Waals surface area contributed by atoms with Crippen LogP contribution in [-0.4, -0.2) is 5.78 Å². The van der Waals surface area contributed by atoms with Crippen LogP contribution in [0, 0.1) is 11.8 Å². The molecule has 1 heteroatoms. The molecular formula is C17H32O. The van der Waals surface area contributed by atoms with Crippen molar-refractivity contribution in [1.29, 1.82) is 0 Å². The third-order valence-corrected chi connectivity index (χ3v) is 4.28. The lowest BCUT2D eigenvalue weighted by Crippen LogP contribution is -2.09. The highest BCUT2D eigenvalue weighted by atomic mass is 16.1. The number of ketones is 1. The number of rotatable bonds is 0. The van der Waals surface area contributed by atoms with Crippen molar-refractivity contribution in [3.63, 3.8) is 0 Å². The van der Waals surface area contributed by atoms with E-state index in [9.17, 15) is 4.79 Å². The number of hydrogen-bond acceptors (Lipinski definition) is 1. The topological polar surface area (TPSA) is 17.1 Å². The van der Waals surface area contributed by atoms with Crippen LogP contribution in [-0.2, 0) is 4.79 Å². The summed E-state index contributed by atoms with van der Waals surface area (Å²) in [5, 5.41) is 0. The second-order valence-electron chi connectivity index (χ2n) is 6.56. The maximum atomic E-state index is 11.8. The molecule has 0 N–H and O–H groups in total. The summed E-state index contributed by atoms with van der Waals surface area (Å²) < 4.78 is 0. The molecule has 0 heterocycles. The van der Waals surface area contributed by atoms with Crippen molar-refractivity contribution in [1.82, 2.24) is 0 Å². The summed E-state index contributed by atoms with van der Waals surface area (Å²) in [4.78, 5) is 11.8. The average Bonchev–Trinajstić information content (AvgIpc) is 2.30. The number of carbonyl (C=O) groups excluding carboxylic acids is 1. The van der Waals surface area contributed by atoms with E-state index >= 15 is 0 Å². The van der Waals surface area contributed by atoms with E-state index in [0.717, 1.165) is 25.2 Å². The Morgan fingerprint density at radius 3 is 2.00 bits per heavy atom. The number of carbonyl (C=O) groups is 1. The van der Waals surface area contributed by atoms with Gasteiger partial charge in [-0.1, -0.05) is 65.2 Å². The Hall–Kier alpha value is -0.330. The van der Waals surface area contributed by atoms with Gasteiger partial charge in [0, 0.05) is 12.8 Å². The molecule has 0 spiro atoms. The molecule has 0 radical (unpaired) electrons. The maximum absolute atomic E-state index is 11.8. The van der Waals surface area contributed by atoms with Crippen LogP contribution in [0.25, 0.3) is 0 Å². The molecule has 1 saturated carbocycles. The highest BCUT2D eigenvalue weighted by Gasteiger charge is 2.13. The van der Waals surface area contributed by atoms with Gasteiger partial charge in [0.05, 0.1) is 0 Å². The predicted molar refractivity (Wildman–Crippen MR) is 78.7 cm³/mol. The molecule has 0 aromatic rings. The van der Waals surface area contributed by atoms with E-state index in [1.165, 1.54) is 57.8 Å². The molecule has 0 aromatic carbocycles. The van der Waals surface area contributed by atoms with Gasteiger partial charge < -0.3 is 0 Å². The second kappa shape index (κ2) is 9.58. The van der Waals surface area contributed by atoms with Crippen molar-refractivity contribution >= 4 is 5.78 Å². The minimum absolute atomic E-state index is 0.504. The largest absolute Gasteiger partial charge is 0.300 e. The predicted octanol–water partition coefficient (Wildman–Crippen LogP) is 5.52. The first kappa shape index (κ1) is 15.7.